The smallest absolute Gasteiger partial charge is 0.219 e. The van der Waals surface area contributed by atoms with Crippen molar-refractivity contribution in [1.29, 1.82) is 0 Å². The molecule has 6 nitrogen and oxygen atoms in total. The van der Waals surface area contributed by atoms with Gasteiger partial charge in [0, 0.05) is 72.1 Å². The molecular formula is C22H26N5OS2+. The number of rotatable bonds is 7. The summed E-state index contributed by atoms with van der Waals surface area (Å²) in [6.45, 7) is 3.85. The highest BCUT2D eigenvalue weighted by Crippen LogP contribution is 2.35. The topological polar surface area (TPSA) is 68.8 Å². The third-order valence-corrected chi connectivity index (χ3v) is 6.47. The average Bonchev–Trinajstić information content (AvgIpc) is 3.14. The van der Waals surface area contributed by atoms with Crippen molar-refractivity contribution in [3.05, 3.63) is 52.9 Å². The summed E-state index contributed by atoms with van der Waals surface area (Å²) in [6.07, 6.45) is 1.70. The van der Waals surface area contributed by atoms with Gasteiger partial charge in [0.1, 0.15) is 0 Å². The predicted octanol–water partition coefficient (Wildman–Crippen LogP) is 3.08. The van der Waals surface area contributed by atoms with Crippen LogP contribution in [0.25, 0.3) is 10.1 Å². The lowest BCUT2D eigenvalue weighted by Gasteiger charge is -2.24. The summed E-state index contributed by atoms with van der Waals surface area (Å²) in [5, 5.41) is 11.6. The lowest BCUT2D eigenvalue weighted by molar-refractivity contribution is -0.127. The summed E-state index contributed by atoms with van der Waals surface area (Å²) in [5.41, 5.74) is 3.20. The van der Waals surface area contributed by atoms with Crippen LogP contribution in [0, 0.1) is 0 Å². The number of likely N-dealkylation sites (N-methyl/N-ethyl adjacent to an activating group) is 1. The number of carbonyl (C=O) groups is 1. The Bertz CT molecular complexity index is 1090. The Kier molecular flexibility index (Phi) is 6.26. The molecule has 0 saturated heterocycles. The van der Waals surface area contributed by atoms with Crippen LogP contribution in [-0.2, 0) is 24.0 Å². The number of hydrogen-bond donors (Lipinski definition) is 3. The summed E-state index contributed by atoms with van der Waals surface area (Å²) in [5.74, 6) is 0.0870. The predicted molar refractivity (Wildman–Crippen MR) is 130 cm³/mol. The van der Waals surface area contributed by atoms with Crippen LogP contribution in [-0.4, -0.2) is 43.4 Å². The van der Waals surface area contributed by atoms with Crippen LogP contribution in [0.2, 0.25) is 0 Å². The molecule has 1 amide bonds. The summed E-state index contributed by atoms with van der Waals surface area (Å²) in [4.78, 5) is 19.9. The SMILES string of the molecule is CC(=O)N(C)CCNCc1cc2c3c(ccc2s1)C=NC(Nc1cccc([SH2+])c1)N3. The highest BCUT2D eigenvalue weighted by atomic mass is 32.1. The first kappa shape index (κ1) is 20.7. The van der Waals surface area contributed by atoms with Crippen LogP contribution >= 0.6 is 11.3 Å². The van der Waals surface area contributed by atoms with E-state index in [1.54, 1.807) is 23.2 Å². The first-order chi connectivity index (χ1) is 14.5. The lowest BCUT2D eigenvalue weighted by Crippen LogP contribution is -2.31. The van der Waals surface area contributed by atoms with Gasteiger partial charge in [0.2, 0.25) is 5.91 Å². The minimum Gasteiger partial charge on any atom is -0.347 e. The highest BCUT2D eigenvalue weighted by Gasteiger charge is 2.18. The maximum absolute atomic E-state index is 11.3. The maximum atomic E-state index is 11.3. The quantitative estimate of drug-likeness (QED) is 0.390. The van der Waals surface area contributed by atoms with E-state index in [9.17, 15) is 4.79 Å². The van der Waals surface area contributed by atoms with Gasteiger partial charge in [-0.25, -0.2) is 4.99 Å². The molecule has 1 aliphatic heterocycles. The molecule has 1 atom stereocenters. The number of carbonyl (C=O) groups excluding carboxylic acids is 1. The molecule has 2 aromatic carbocycles. The van der Waals surface area contributed by atoms with Gasteiger partial charge in [-0.15, -0.1) is 11.3 Å². The second-order valence-electron chi connectivity index (χ2n) is 7.32. The Morgan fingerprint density at radius 3 is 2.97 bits per heavy atom. The van der Waals surface area contributed by atoms with Gasteiger partial charge in [-0.2, -0.15) is 0 Å². The number of amides is 1. The molecule has 8 heteroatoms. The van der Waals surface area contributed by atoms with Crippen LogP contribution in [0.1, 0.15) is 17.4 Å². The zero-order valence-electron chi connectivity index (χ0n) is 17.0. The van der Waals surface area contributed by atoms with Gasteiger partial charge in [0.05, 0.1) is 5.69 Å². The van der Waals surface area contributed by atoms with Gasteiger partial charge in [-0.1, -0.05) is 6.07 Å². The molecule has 4 rings (SSSR count). The van der Waals surface area contributed by atoms with E-state index in [0.29, 0.717) is 6.54 Å². The van der Waals surface area contributed by atoms with Gasteiger partial charge in [0.15, 0.2) is 11.2 Å². The molecule has 0 spiro atoms. The average molecular weight is 441 g/mol. The largest absolute Gasteiger partial charge is 0.347 e. The Labute approximate surface area is 185 Å². The van der Waals surface area contributed by atoms with E-state index in [2.05, 4.69) is 51.8 Å². The van der Waals surface area contributed by atoms with E-state index in [0.717, 1.165) is 34.9 Å². The molecule has 0 saturated carbocycles. The summed E-state index contributed by atoms with van der Waals surface area (Å²) in [7, 11) is 1.82. The van der Waals surface area contributed by atoms with Crippen molar-refractivity contribution in [1.82, 2.24) is 10.2 Å². The van der Waals surface area contributed by atoms with Crippen LogP contribution in [0.15, 0.2) is 52.4 Å². The number of benzene rings is 2. The summed E-state index contributed by atoms with van der Waals surface area (Å²) < 4.78 is 1.25. The first-order valence-electron chi connectivity index (χ1n) is 9.85. The molecule has 3 aromatic rings. The molecule has 156 valence electrons. The van der Waals surface area contributed by atoms with Crippen LogP contribution in [0.3, 0.4) is 0 Å². The van der Waals surface area contributed by atoms with Crippen molar-refractivity contribution >= 4 is 57.5 Å². The number of thiophene rings is 1. The van der Waals surface area contributed by atoms with Crippen LogP contribution < -0.4 is 16.0 Å². The van der Waals surface area contributed by atoms with Crippen molar-refractivity contribution in [2.45, 2.75) is 24.7 Å². The molecule has 0 fully saturated rings. The molecule has 0 radical (unpaired) electrons. The van der Waals surface area contributed by atoms with E-state index >= 15 is 0 Å². The van der Waals surface area contributed by atoms with Crippen molar-refractivity contribution in [2.75, 3.05) is 30.8 Å². The van der Waals surface area contributed by atoms with Crippen molar-refractivity contribution < 1.29 is 4.79 Å². The minimum absolute atomic E-state index is 0.0870. The Balaban J connectivity index is 1.45. The van der Waals surface area contributed by atoms with E-state index in [1.807, 2.05) is 37.5 Å². The molecule has 0 bridgehead atoms. The van der Waals surface area contributed by atoms with Crippen molar-refractivity contribution in [3.8, 4) is 0 Å². The molecule has 30 heavy (non-hydrogen) atoms. The maximum Gasteiger partial charge on any atom is 0.219 e. The molecule has 1 unspecified atom stereocenters. The van der Waals surface area contributed by atoms with Crippen LogP contribution in [0.5, 0.6) is 0 Å². The number of anilines is 2. The van der Waals surface area contributed by atoms with E-state index in [1.165, 1.54) is 15.0 Å². The van der Waals surface area contributed by atoms with E-state index < -0.39 is 0 Å². The number of nitrogens with one attached hydrogen (secondary N) is 3. The van der Waals surface area contributed by atoms with Gasteiger partial charge in [0.25, 0.3) is 0 Å². The lowest BCUT2D eigenvalue weighted by atomic mass is 10.1. The first-order valence-corrected chi connectivity index (χ1v) is 11.2. The molecular weight excluding hydrogens is 414 g/mol. The molecule has 3 N–H and O–H groups in total. The second kappa shape index (κ2) is 9.07. The van der Waals surface area contributed by atoms with Crippen molar-refractivity contribution in [3.63, 3.8) is 0 Å². The molecule has 1 aliphatic rings. The number of hydrogen-bond acceptors (Lipinski definition) is 6. The summed E-state index contributed by atoms with van der Waals surface area (Å²) in [6, 6.07) is 14.5. The Morgan fingerprint density at radius 1 is 1.30 bits per heavy atom. The zero-order valence-corrected chi connectivity index (χ0v) is 18.8. The van der Waals surface area contributed by atoms with Gasteiger partial charge in [-0.3, -0.25) is 4.79 Å². The standard InChI is InChI=1S/C22H25N5OS2/c1-14(28)27(2)9-8-23-13-18-11-19-20(30-18)7-6-15-12-24-22(26-21(15)19)25-16-4-3-5-17(29)10-16/h3-7,10-12,22-23,25-26,29H,8-9,13H2,1-2H3/p+1. The fraction of sp³-hybridized carbons (Fsp3) is 0.273. The third-order valence-electron chi connectivity index (χ3n) is 5.05. The molecule has 1 aromatic heterocycles. The van der Waals surface area contributed by atoms with E-state index in [-0.39, 0.29) is 12.2 Å². The van der Waals surface area contributed by atoms with Gasteiger partial charge < -0.3 is 20.9 Å². The Hall–Kier alpha value is -2.55. The molecule has 2 heterocycles. The molecule has 0 aliphatic carbocycles. The fourth-order valence-corrected chi connectivity index (χ4v) is 4.61. The number of fused-ring (bicyclic) bond motifs is 3. The van der Waals surface area contributed by atoms with Gasteiger partial charge >= 0.3 is 0 Å². The highest BCUT2D eigenvalue weighted by molar-refractivity contribution is 7.58. The van der Waals surface area contributed by atoms with Gasteiger partial charge in [-0.05, 0) is 43.0 Å². The Morgan fingerprint density at radius 2 is 2.17 bits per heavy atom. The number of aliphatic imine (C=N–C) groups is 1. The van der Waals surface area contributed by atoms with E-state index in [4.69, 9.17) is 0 Å². The summed E-state index contributed by atoms with van der Waals surface area (Å²) >= 11 is 5.35. The number of nitrogens with zero attached hydrogens (tertiary/aromatic N) is 2. The van der Waals surface area contributed by atoms with Crippen LogP contribution in [0.4, 0.5) is 11.4 Å². The monoisotopic (exact) mass is 440 g/mol. The van der Waals surface area contributed by atoms with Crippen molar-refractivity contribution in [2.24, 2.45) is 4.99 Å². The zero-order chi connectivity index (χ0) is 21.1. The minimum atomic E-state index is -0.222. The normalized spacial score (nSPS) is 15.0. The fourth-order valence-electron chi connectivity index (χ4n) is 3.32. The third kappa shape index (κ3) is 4.77. The second-order valence-corrected chi connectivity index (χ2v) is 9.07.